The Bertz CT molecular complexity index is 465. The van der Waals surface area contributed by atoms with Crippen LogP contribution in [-0.2, 0) is 16.0 Å². The predicted molar refractivity (Wildman–Crippen MR) is 64.9 cm³/mol. The molecule has 0 bridgehead atoms. The summed E-state index contributed by atoms with van der Waals surface area (Å²) in [6, 6.07) is 3.55. The zero-order valence-electron chi connectivity index (χ0n) is 10.6. The number of carbonyl (C=O) groups is 2. The Morgan fingerprint density at radius 2 is 1.72 bits per heavy atom. The van der Waals surface area contributed by atoms with Gasteiger partial charge < -0.3 is 14.9 Å². The molecule has 5 heteroatoms. The molecular weight excluding hydrogens is 236 g/mol. The van der Waals surface area contributed by atoms with Crippen LogP contribution in [-0.4, -0.2) is 29.3 Å². The molecule has 0 aliphatic rings. The minimum atomic E-state index is -1.42. The summed E-state index contributed by atoms with van der Waals surface area (Å²) in [7, 11) is 1.55. The molecule has 1 aromatic rings. The molecular formula is C13H16O5. The van der Waals surface area contributed by atoms with Crippen LogP contribution in [0.5, 0.6) is 5.75 Å². The molecule has 0 fully saturated rings. The molecule has 0 atom stereocenters. The average Bonchev–Trinajstić information content (AvgIpc) is 2.28. The van der Waals surface area contributed by atoms with Crippen LogP contribution in [0.1, 0.15) is 16.7 Å². The highest BCUT2D eigenvalue weighted by atomic mass is 16.5. The smallest absolute Gasteiger partial charge is 0.318 e. The van der Waals surface area contributed by atoms with Gasteiger partial charge in [-0.25, -0.2) is 0 Å². The molecule has 0 spiro atoms. The quantitative estimate of drug-likeness (QED) is 0.778. The van der Waals surface area contributed by atoms with Gasteiger partial charge in [0.25, 0.3) is 0 Å². The van der Waals surface area contributed by atoms with E-state index >= 15 is 0 Å². The minimum Gasteiger partial charge on any atom is -0.496 e. The van der Waals surface area contributed by atoms with Crippen LogP contribution in [0.15, 0.2) is 12.1 Å². The van der Waals surface area contributed by atoms with E-state index in [9.17, 15) is 9.59 Å². The van der Waals surface area contributed by atoms with Crippen LogP contribution >= 0.6 is 0 Å². The topological polar surface area (TPSA) is 83.8 Å². The summed E-state index contributed by atoms with van der Waals surface area (Å²) < 4.78 is 5.15. The van der Waals surface area contributed by atoms with E-state index in [4.69, 9.17) is 14.9 Å². The van der Waals surface area contributed by atoms with Crippen LogP contribution in [0.4, 0.5) is 0 Å². The van der Waals surface area contributed by atoms with Gasteiger partial charge in [0, 0.05) is 0 Å². The van der Waals surface area contributed by atoms with Gasteiger partial charge in [-0.2, -0.15) is 0 Å². The Hall–Kier alpha value is -2.04. The van der Waals surface area contributed by atoms with Crippen LogP contribution < -0.4 is 4.74 Å². The number of carboxylic acid groups (broad SMARTS) is 2. The fraction of sp³-hybridized carbons (Fsp3) is 0.385. The van der Waals surface area contributed by atoms with E-state index in [0.717, 1.165) is 11.1 Å². The summed E-state index contributed by atoms with van der Waals surface area (Å²) in [4.78, 5) is 21.7. The minimum absolute atomic E-state index is 0.0265. The van der Waals surface area contributed by atoms with Crippen LogP contribution in [0.3, 0.4) is 0 Å². The summed E-state index contributed by atoms with van der Waals surface area (Å²) in [5.74, 6) is -3.36. The second kappa shape index (κ2) is 5.53. The molecule has 2 N–H and O–H groups in total. The van der Waals surface area contributed by atoms with E-state index in [2.05, 4.69) is 0 Å². The first-order valence-electron chi connectivity index (χ1n) is 5.46. The lowest BCUT2D eigenvalue weighted by Crippen LogP contribution is -2.25. The maximum absolute atomic E-state index is 10.9. The van der Waals surface area contributed by atoms with Gasteiger partial charge in [0.05, 0.1) is 7.11 Å². The van der Waals surface area contributed by atoms with Crippen molar-refractivity contribution in [3.8, 4) is 5.75 Å². The number of carboxylic acids is 2. The van der Waals surface area contributed by atoms with E-state index in [0.29, 0.717) is 11.3 Å². The largest absolute Gasteiger partial charge is 0.496 e. The SMILES string of the molecule is COc1cc(C)c(CC(C(=O)O)C(=O)O)cc1C. The fourth-order valence-corrected chi connectivity index (χ4v) is 1.79. The van der Waals surface area contributed by atoms with Gasteiger partial charge in [-0.05, 0) is 43.0 Å². The van der Waals surface area contributed by atoms with E-state index in [1.165, 1.54) is 0 Å². The van der Waals surface area contributed by atoms with Gasteiger partial charge in [-0.15, -0.1) is 0 Å². The van der Waals surface area contributed by atoms with E-state index < -0.39 is 17.9 Å². The lowest BCUT2D eigenvalue weighted by molar-refractivity contribution is -0.154. The van der Waals surface area contributed by atoms with Crippen LogP contribution in [0.2, 0.25) is 0 Å². The summed E-state index contributed by atoms with van der Waals surface area (Å²) >= 11 is 0. The fourth-order valence-electron chi connectivity index (χ4n) is 1.79. The summed E-state index contributed by atoms with van der Waals surface area (Å²) in [5, 5.41) is 17.7. The Morgan fingerprint density at radius 3 is 2.17 bits per heavy atom. The maximum atomic E-state index is 10.9. The molecule has 0 amide bonds. The van der Waals surface area contributed by atoms with Crippen molar-refractivity contribution in [3.63, 3.8) is 0 Å². The van der Waals surface area contributed by atoms with Crippen molar-refractivity contribution in [1.82, 2.24) is 0 Å². The lowest BCUT2D eigenvalue weighted by atomic mass is 9.94. The average molecular weight is 252 g/mol. The number of rotatable bonds is 5. The molecule has 1 aromatic carbocycles. The number of hydrogen-bond donors (Lipinski definition) is 2. The second-order valence-corrected chi connectivity index (χ2v) is 4.18. The van der Waals surface area contributed by atoms with E-state index in [-0.39, 0.29) is 6.42 Å². The third-order valence-corrected chi connectivity index (χ3v) is 2.87. The van der Waals surface area contributed by atoms with Crippen molar-refractivity contribution < 1.29 is 24.5 Å². The van der Waals surface area contributed by atoms with Crippen molar-refractivity contribution in [2.75, 3.05) is 7.11 Å². The Kier molecular flexibility index (Phi) is 4.31. The molecule has 0 saturated carbocycles. The molecule has 0 saturated heterocycles. The number of methoxy groups -OCH3 is 1. The molecule has 5 nitrogen and oxygen atoms in total. The van der Waals surface area contributed by atoms with Gasteiger partial charge >= 0.3 is 11.9 Å². The number of aryl methyl sites for hydroxylation is 2. The zero-order chi connectivity index (χ0) is 13.9. The van der Waals surface area contributed by atoms with Gasteiger partial charge in [0.2, 0.25) is 0 Å². The highest BCUT2D eigenvalue weighted by Gasteiger charge is 2.26. The van der Waals surface area contributed by atoms with Gasteiger partial charge in [0.1, 0.15) is 5.75 Å². The third kappa shape index (κ3) is 3.00. The van der Waals surface area contributed by atoms with Gasteiger partial charge in [-0.3, -0.25) is 9.59 Å². The Labute approximate surface area is 105 Å². The maximum Gasteiger partial charge on any atom is 0.318 e. The number of ether oxygens (including phenoxy) is 1. The third-order valence-electron chi connectivity index (χ3n) is 2.87. The van der Waals surface area contributed by atoms with Gasteiger partial charge in [-0.1, -0.05) is 6.07 Å². The number of benzene rings is 1. The normalized spacial score (nSPS) is 10.4. The highest BCUT2D eigenvalue weighted by Crippen LogP contribution is 2.24. The van der Waals surface area contributed by atoms with E-state index in [1.54, 1.807) is 26.2 Å². The van der Waals surface area contributed by atoms with E-state index in [1.807, 2.05) is 6.92 Å². The monoisotopic (exact) mass is 252 g/mol. The zero-order valence-corrected chi connectivity index (χ0v) is 10.6. The standard InChI is InChI=1S/C13H16O5/c1-7-5-11(18-3)8(2)4-9(7)6-10(12(14)15)13(16)17/h4-5,10H,6H2,1-3H3,(H,14,15)(H,16,17). The summed E-state index contributed by atoms with van der Waals surface area (Å²) in [5.41, 5.74) is 2.39. The van der Waals surface area contributed by atoms with Crippen molar-refractivity contribution in [2.45, 2.75) is 20.3 Å². The van der Waals surface area contributed by atoms with Crippen LogP contribution in [0, 0.1) is 19.8 Å². The number of hydrogen-bond acceptors (Lipinski definition) is 3. The molecule has 0 unspecified atom stereocenters. The first-order chi connectivity index (χ1) is 8.36. The predicted octanol–water partition coefficient (Wildman–Crippen LogP) is 1.64. The van der Waals surface area contributed by atoms with Crippen molar-refractivity contribution in [2.24, 2.45) is 5.92 Å². The first-order valence-corrected chi connectivity index (χ1v) is 5.46. The lowest BCUT2D eigenvalue weighted by Gasteiger charge is -2.13. The second-order valence-electron chi connectivity index (χ2n) is 4.18. The summed E-state index contributed by atoms with van der Waals surface area (Å²) in [6.07, 6.45) is -0.0265. The molecule has 0 aliphatic carbocycles. The molecule has 0 aliphatic heterocycles. The van der Waals surface area contributed by atoms with Crippen molar-refractivity contribution in [3.05, 3.63) is 28.8 Å². The molecule has 1 rings (SSSR count). The summed E-state index contributed by atoms with van der Waals surface area (Å²) in [6.45, 7) is 3.64. The Morgan fingerprint density at radius 1 is 1.17 bits per heavy atom. The number of aliphatic carboxylic acids is 2. The molecule has 0 radical (unpaired) electrons. The molecule has 98 valence electrons. The molecule has 18 heavy (non-hydrogen) atoms. The molecule has 0 aromatic heterocycles. The van der Waals surface area contributed by atoms with Gasteiger partial charge in [0.15, 0.2) is 5.92 Å². The highest BCUT2D eigenvalue weighted by molar-refractivity contribution is 5.93. The first kappa shape index (κ1) is 14.0. The van der Waals surface area contributed by atoms with Crippen LogP contribution in [0.25, 0.3) is 0 Å². The Balaban J connectivity index is 3.07. The van der Waals surface area contributed by atoms with Crippen molar-refractivity contribution in [1.29, 1.82) is 0 Å². The molecule has 0 heterocycles. The van der Waals surface area contributed by atoms with Crippen molar-refractivity contribution >= 4 is 11.9 Å².